The highest BCUT2D eigenvalue weighted by atomic mass is 35.5. The molecule has 0 heterocycles. The lowest BCUT2D eigenvalue weighted by molar-refractivity contribution is 0.102. The van der Waals surface area contributed by atoms with Gasteiger partial charge in [-0.15, -0.1) is 11.6 Å². The Bertz CT molecular complexity index is 218. The second-order valence-corrected chi connectivity index (χ2v) is 2.11. The quantitative estimate of drug-likeness (QED) is 0.469. The zero-order chi connectivity index (χ0) is 7.40. The summed E-state index contributed by atoms with van der Waals surface area (Å²) in [5.41, 5.74) is 0.647. The predicted molar refractivity (Wildman–Crippen MR) is 40.3 cm³/mol. The Labute approximate surface area is 64.6 Å². The molecule has 1 radical (unpaired) electrons. The zero-order valence-electron chi connectivity index (χ0n) is 5.30. The van der Waals surface area contributed by atoms with Crippen molar-refractivity contribution in [2.75, 3.05) is 5.88 Å². The second-order valence-electron chi connectivity index (χ2n) is 1.85. The van der Waals surface area contributed by atoms with Gasteiger partial charge in [-0.3, -0.25) is 4.79 Å². The Balaban J connectivity index is 2.85. The number of benzene rings is 1. The fourth-order valence-electron chi connectivity index (χ4n) is 0.650. The van der Waals surface area contributed by atoms with E-state index in [1.54, 1.807) is 24.3 Å². The van der Waals surface area contributed by atoms with E-state index in [9.17, 15) is 4.79 Å². The lowest BCUT2D eigenvalue weighted by Crippen LogP contribution is -1.98. The fourth-order valence-corrected chi connectivity index (χ4v) is 0.804. The molecule has 1 nitrogen and oxygen atoms in total. The molecular formula is C8H6ClO. The third-order valence-corrected chi connectivity index (χ3v) is 1.40. The Morgan fingerprint density at radius 2 is 2.10 bits per heavy atom. The number of alkyl halides is 1. The van der Waals surface area contributed by atoms with E-state index in [-0.39, 0.29) is 11.7 Å². The molecule has 0 fully saturated rings. The summed E-state index contributed by atoms with van der Waals surface area (Å²) in [6.45, 7) is 0. The SMILES string of the molecule is O=C(CCl)c1cc[c]cc1. The number of rotatable bonds is 2. The van der Waals surface area contributed by atoms with Gasteiger partial charge in [0.15, 0.2) is 5.78 Å². The Kier molecular flexibility index (Phi) is 2.46. The molecule has 0 spiro atoms. The van der Waals surface area contributed by atoms with Crippen molar-refractivity contribution >= 4 is 17.4 Å². The van der Waals surface area contributed by atoms with Gasteiger partial charge in [0.25, 0.3) is 0 Å². The van der Waals surface area contributed by atoms with Crippen LogP contribution in [-0.4, -0.2) is 11.7 Å². The summed E-state index contributed by atoms with van der Waals surface area (Å²) in [6, 6.07) is 9.60. The molecular weight excluding hydrogens is 148 g/mol. The Morgan fingerprint density at radius 3 is 2.60 bits per heavy atom. The summed E-state index contributed by atoms with van der Waals surface area (Å²) in [4.78, 5) is 10.9. The van der Waals surface area contributed by atoms with E-state index < -0.39 is 0 Å². The van der Waals surface area contributed by atoms with Crippen LogP contribution in [0.2, 0.25) is 0 Å². The zero-order valence-corrected chi connectivity index (χ0v) is 6.06. The van der Waals surface area contributed by atoms with Crippen LogP contribution in [0.15, 0.2) is 24.3 Å². The van der Waals surface area contributed by atoms with Crippen LogP contribution in [0, 0.1) is 6.07 Å². The van der Waals surface area contributed by atoms with Crippen molar-refractivity contribution in [3.05, 3.63) is 35.9 Å². The average molecular weight is 154 g/mol. The van der Waals surface area contributed by atoms with Crippen molar-refractivity contribution in [3.63, 3.8) is 0 Å². The van der Waals surface area contributed by atoms with E-state index in [0.29, 0.717) is 5.56 Å². The molecule has 0 bridgehead atoms. The predicted octanol–water partition coefficient (Wildman–Crippen LogP) is 1.91. The summed E-state index contributed by atoms with van der Waals surface area (Å²) in [7, 11) is 0. The van der Waals surface area contributed by atoms with E-state index in [1.807, 2.05) is 0 Å². The summed E-state index contributed by atoms with van der Waals surface area (Å²) in [5.74, 6) is -0.0000309. The van der Waals surface area contributed by atoms with Gasteiger partial charge < -0.3 is 0 Å². The molecule has 2 heteroatoms. The van der Waals surface area contributed by atoms with Gasteiger partial charge in [-0.05, 0) is 6.07 Å². The first kappa shape index (κ1) is 7.29. The van der Waals surface area contributed by atoms with Crippen LogP contribution in [0.25, 0.3) is 0 Å². The van der Waals surface area contributed by atoms with E-state index in [2.05, 4.69) is 6.07 Å². The highest BCUT2D eigenvalue weighted by Crippen LogP contribution is 1.99. The molecule has 0 aliphatic heterocycles. The second kappa shape index (κ2) is 3.37. The number of carbonyl (C=O) groups is 1. The fraction of sp³-hybridized carbons (Fsp3) is 0.125. The first-order valence-corrected chi connectivity index (χ1v) is 3.43. The van der Waals surface area contributed by atoms with E-state index in [4.69, 9.17) is 11.6 Å². The van der Waals surface area contributed by atoms with Crippen LogP contribution in [0.3, 0.4) is 0 Å². The molecule has 0 unspecified atom stereocenters. The Hall–Kier alpha value is -0.820. The molecule has 0 amide bonds. The number of hydrogen-bond donors (Lipinski definition) is 0. The minimum atomic E-state index is -0.0457. The van der Waals surface area contributed by atoms with Crippen molar-refractivity contribution in [3.8, 4) is 0 Å². The van der Waals surface area contributed by atoms with E-state index in [1.165, 1.54) is 0 Å². The third-order valence-electron chi connectivity index (χ3n) is 1.16. The highest BCUT2D eigenvalue weighted by molar-refractivity contribution is 6.30. The first-order valence-electron chi connectivity index (χ1n) is 2.90. The van der Waals surface area contributed by atoms with Gasteiger partial charge in [0.1, 0.15) is 0 Å². The molecule has 0 aromatic heterocycles. The number of ketones is 1. The molecule has 51 valence electrons. The largest absolute Gasteiger partial charge is 0.293 e. The minimum absolute atomic E-state index is 0.0456. The van der Waals surface area contributed by atoms with Crippen LogP contribution in [0.1, 0.15) is 10.4 Å². The smallest absolute Gasteiger partial charge is 0.177 e. The molecule has 0 N–H and O–H groups in total. The van der Waals surface area contributed by atoms with E-state index >= 15 is 0 Å². The highest BCUT2D eigenvalue weighted by Gasteiger charge is 2.00. The monoisotopic (exact) mass is 153 g/mol. The maximum Gasteiger partial charge on any atom is 0.177 e. The number of halogens is 1. The van der Waals surface area contributed by atoms with Gasteiger partial charge >= 0.3 is 0 Å². The third kappa shape index (κ3) is 1.58. The molecule has 0 atom stereocenters. The molecule has 0 aliphatic rings. The van der Waals surface area contributed by atoms with Crippen LogP contribution in [0.5, 0.6) is 0 Å². The van der Waals surface area contributed by atoms with Crippen molar-refractivity contribution in [1.82, 2.24) is 0 Å². The lowest BCUT2D eigenvalue weighted by Gasteiger charge is -1.92. The number of carbonyl (C=O) groups excluding carboxylic acids is 1. The average Bonchev–Trinajstić information content (AvgIpc) is 2.05. The van der Waals surface area contributed by atoms with Crippen LogP contribution >= 0.6 is 11.6 Å². The van der Waals surface area contributed by atoms with Crippen molar-refractivity contribution in [2.45, 2.75) is 0 Å². The van der Waals surface area contributed by atoms with Crippen LogP contribution in [-0.2, 0) is 0 Å². The van der Waals surface area contributed by atoms with Gasteiger partial charge in [0.05, 0.1) is 5.88 Å². The van der Waals surface area contributed by atoms with Crippen molar-refractivity contribution < 1.29 is 4.79 Å². The maximum atomic E-state index is 10.9. The molecule has 10 heavy (non-hydrogen) atoms. The van der Waals surface area contributed by atoms with Gasteiger partial charge in [0.2, 0.25) is 0 Å². The van der Waals surface area contributed by atoms with Gasteiger partial charge in [-0.1, -0.05) is 24.3 Å². The summed E-state index contributed by atoms with van der Waals surface area (Å²) in [5, 5.41) is 0. The summed E-state index contributed by atoms with van der Waals surface area (Å²) >= 11 is 5.33. The normalized spacial score (nSPS) is 9.30. The van der Waals surface area contributed by atoms with Gasteiger partial charge in [0, 0.05) is 5.56 Å². The first-order chi connectivity index (χ1) is 4.84. The molecule has 0 saturated heterocycles. The molecule has 1 rings (SSSR count). The number of hydrogen-bond acceptors (Lipinski definition) is 1. The molecule has 0 saturated carbocycles. The number of Topliss-reactive ketones (excluding diaryl/α,β-unsaturated/α-hetero) is 1. The maximum absolute atomic E-state index is 10.9. The Morgan fingerprint density at radius 1 is 1.50 bits per heavy atom. The summed E-state index contributed by atoms with van der Waals surface area (Å²) < 4.78 is 0. The standard InChI is InChI=1S/C8H6ClO/c9-6-8(10)7-4-2-1-3-5-7/h2-5H,6H2. The topological polar surface area (TPSA) is 17.1 Å². The molecule has 1 aromatic carbocycles. The van der Waals surface area contributed by atoms with Crippen molar-refractivity contribution in [2.24, 2.45) is 0 Å². The summed E-state index contributed by atoms with van der Waals surface area (Å²) in [6.07, 6.45) is 0. The van der Waals surface area contributed by atoms with Crippen molar-refractivity contribution in [1.29, 1.82) is 0 Å². The minimum Gasteiger partial charge on any atom is -0.293 e. The lowest BCUT2D eigenvalue weighted by atomic mass is 10.2. The van der Waals surface area contributed by atoms with E-state index in [0.717, 1.165) is 0 Å². The van der Waals surface area contributed by atoms with Gasteiger partial charge in [-0.25, -0.2) is 0 Å². The molecule has 1 aromatic rings. The van der Waals surface area contributed by atoms with Crippen LogP contribution in [0.4, 0.5) is 0 Å². The van der Waals surface area contributed by atoms with Gasteiger partial charge in [-0.2, -0.15) is 0 Å². The van der Waals surface area contributed by atoms with Crippen LogP contribution < -0.4 is 0 Å². The molecule has 0 aliphatic carbocycles.